The van der Waals surface area contributed by atoms with Crippen molar-refractivity contribution in [3.05, 3.63) is 70.4 Å². The Hall–Kier alpha value is -3.67. The van der Waals surface area contributed by atoms with E-state index in [2.05, 4.69) is 9.97 Å². The van der Waals surface area contributed by atoms with Crippen molar-refractivity contribution < 1.29 is 31.1 Å². The molecular weight excluding hydrogens is 497 g/mol. The molecule has 1 saturated carbocycles. The highest BCUT2D eigenvalue weighted by atomic mass is 32.2. The van der Waals surface area contributed by atoms with Crippen molar-refractivity contribution in [2.75, 3.05) is 5.73 Å². The minimum atomic E-state index is -4.54. The Morgan fingerprint density at radius 2 is 1.69 bits per heavy atom. The summed E-state index contributed by atoms with van der Waals surface area (Å²) in [6, 6.07) is 9.63. The zero-order valence-electron chi connectivity index (χ0n) is 19.6. The molecule has 0 saturated heterocycles. The minimum Gasteiger partial charge on any atom is -0.438 e. The number of carbonyl (C=O) groups excluding carboxylic acids is 1. The number of hydrogen-bond donors (Lipinski definition) is 2. The quantitative estimate of drug-likeness (QED) is 0.491. The van der Waals surface area contributed by atoms with Crippen LogP contribution in [0.25, 0.3) is 0 Å². The number of nitrogens with two attached hydrogens (primary N) is 1. The summed E-state index contributed by atoms with van der Waals surface area (Å²) >= 11 is 0. The Bertz CT molecular complexity index is 1450. The second-order valence-electron chi connectivity index (χ2n) is 8.79. The highest BCUT2D eigenvalue weighted by molar-refractivity contribution is 7.90. The first-order valence-corrected chi connectivity index (χ1v) is 12.4. The molecule has 2 aromatic heterocycles. The molecule has 1 fully saturated rings. The number of amides is 1. The van der Waals surface area contributed by atoms with Crippen molar-refractivity contribution in [3.8, 4) is 11.6 Å². The minimum absolute atomic E-state index is 0.0763. The van der Waals surface area contributed by atoms with Crippen LogP contribution in [0.2, 0.25) is 0 Å². The summed E-state index contributed by atoms with van der Waals surface area (Å²) < 4.78 is 74.4. The number of nitrogens with zero attached hydrogens (tertiary/aromatic N) is 2. The summed E-state index contributed by atoms with van der Waals surface area (Å²) in [5.41, 5.74) is 5.01. The van der Waals surface area contributed by atoms with E-state index in [1.165, 1.54) is 12.1 Å². The average molecular weight is 521 g/mol. The lowest BCUT2D eigenvalue weighted by molar-refractivity contribution is -0.161. The molecule has 1 aliphatic rings. The van der Waals surface area contributed by atoms with Gasteiger partial charge < -0.3 is 10.5 Å². The maximum absolute atomic E-state index is 13.8. The van der Waals surface area contributed by atoms with Gasteiger partial charge in [0.25, 0.3) is 15.9 Å². The van der Waals surface area contributed by atoms with Gasteiger partial charge in [-0.1, -0.05) is 23.8 Å². The third-order valence-corrected chi connectivity index (χ3v) is 7.17. The molecular formula is C24H23F3N4O4S. The molecule has 1 aromatic carbocycles. The number of carbonyl (C=O) groups is 1. The topological polar surface area (TPSA) is 124 Å². The highest BCUT2D eigenvalue weighted by Crippen LogP contribution is 2.58. The number of hydrogen-bond acceptors (Lipinski definition) is 7. The van der Waals surface area contributed by atoms with Crippen LogP contribution in [0.4, 0.5) is 19.0 Å². The second-order valence-corrected chi connectivity index (χ2v) is 10.4. The Morgan fingerprint density at radius 3 is 2.25 bits per heavy atom. The van der Waals surface area contributed by atoms with Crippen molar-refractivity contribution in [2.45, 2.75) is 50.2 Å². The monoisotopic (exact) mass is 520 g/mol. The lowest BCUT2D eigenvalue weighted by atomic mass is 10.0. The van der Waals surface area contributed by atoms with Crippen LogP contribution in [-0.2, 0) is 15.4 Å². The van der Waals surface area contributed by atoms with Gasteiger partial charge in [0.15, 0.2) is 5.03 Å². The number of nitrogen functional groups attached to an aromatic ring is 1. The van der Waals surface area contributed by atoms with E-state index >= 15 is 0 Å². The van der Waals surface area contributed by atoms with Gasteiger partial charge in [-0.15, -0.1) is 0 Å². The predicted molar refractivity (Wildman–Crippen MR) is 125 cm³/mol. The lowest BCUT2D eigenvalue weighted by Gasteiger charge is -2.21. The molecule has 3 N–H and O–H groups in total. The Balaban J connectivity index is 1.77. The number of anilines is 1. The van der Waals surface area contributed by atoms with E-state index in [0.29, 0.717) is 16.9 Å². The summed E-state index contributed by atoms with van der Waals surface area (Å²) in [6.07, 6.45) is -4.84. The lowest BCUT2D eigenvalue weighted by Crippen LogP contribution is -2.32. The standard InChI is InChI=1S/C24H23F3N4O4S/c1-13-11-14(2)20(15(3)12-13)35-22-16(7-8-17(29-22)23(9-10-23)24(25,26)27)21(32)31-36(33,34)19-6-4-5-18(28)30-19/h4-8,11-12H,9-10H2,1-3H3,(H2,28,30)(H,31,32). The molecule has 190 valence electrons. The van der Waals surface area contributed by atoms with Crippen LogP contribution < -0.4 is 15.2 Å². The number of benzene rings is 1. The van der Waals surface area contributed by atoms with Crippen LogP contribution in [0.5, 0.6) is 11.6 Å². The summed E-state index contributed by atoms with van der Waals surface area (Å²) in [7, 11) is -4.45. The van der Waals surface area contributed by atoms with Crippen molar-refractivity contribution in [3.63, 3.8) is 0 Å². The molecule has 8 nitrogen and oxygen atoms in total. The molecule has 4 rings (SSSR count). The van der Waals surface area contributed by atoms with Crippen molar-refractivity contribution in [1.82, 2.24) is 14.7 Å². The van der Waals surface area contributed by atoms with Gasteiger partial charge in [0, 0.05) is 0 Å². The third kappa shape index (κ3) is 4.72. The molecule has 0 atom stereocenters. The maximum Gasteiger partial charge on any atom is 0.399 e. The van der Waals surface area contributed by atoms with Crippen LogP contribution in [0.3, 0.4) is 0 Å². The second kappa shape index (κ2) is 8.77. The van der Waals surface area contributed by atoms with Gasteiger partial charge in [-0.2, -0.15) is 21.6 Å². The maximum atomic E-state index is 13.8. The van der Waals surface area contributed by atoms with Gasteiger partial charge in [-0.25, -0.2) is 14.7 Å². The Labute approximate surface area is 205 Å². The molecule has 2 heterocycles. The SMILES string of the molecule is Cc1cc(C)c(Oc2nc(C3(C(F)(F)F)CC3)ccc2C(=O)NS(=O)(=O)c2cccc(N)n2)c(C)c1. The van der Waals surface area contributed by atoms with Crippen LogP contribution >= 0.6 is 0 Å². The van der Waals surface area contributed by atoms with Crippen molar-refractivity contribution >= 4 is 21.7 Å². The number of pyridine rings is 2. The van der Waals surface area contributed by atoms with Crippen LogP contribution in [0.15, 0.2) is 47.5 Å². The number of aromatic nitrogens is 2. The first-order chi connectivity index (χ1) is 16.7. The molecule has 0 aliphatic heterocycles. The summed E-state index contributed by atoms with van der Waals surface area (Å²) in [6.45, 7) is 5.36. The van der Waals surface area contributed by atoms with E-state index < -0.39 is 38.4 Å². The molecule has 3 aromatic rings. The number of rotatable bonds is 6. The highest BCUT2D eigenvalue weighted by Gasteiger charge is 2.65. The Morgan fingerprint density at radius 1 is 1.06 bits per heavy atom. The first-order valence-electron chi connectivity index (χ1n) is 10.9. The van der Waals surface area contributed by atoms with Gasteiger partial charge >= 0.3 is 6.18 Å². The molecule has 12 heteroatoms. The number of alkyl halides is 3. The predicted octanol–water partition coefficient (Wildman–Crippen LogP) is 4.49. The van der Waals surface area contributed by atoms with E-state index in [1.54, 1.807) is 26.0 Å². The molecule has 0 bridgehead atoms. The van der Waals surface area contributed by atoms with Crippen molar-refractivity contribution in [2.24, 2.45) is 0 Å². The van der Waals surface area contributed by atoms with Gasteiger partial charge in [0.1, 0.15) is 22.5 Å². The number of aryl methyl sites for hydroxylation is 3. The fourth-order valence-corrected chi connectivity index (χ4v) is 4.94. The number of nitrogens with one attached hydrogen (secondary N) is 1. The molecule has 1 aliphatic carbocycles. The molecule has 0 spiro atoms. The Kier molecular flexibility index (Phi) is 6.19. The fraction of sp³-hybridized carbons (Fsp3) is 0.292. The average Bonchev–Trinajstić information content (AvgIpc) is 3.58. The first kappa shape index (κ1) is 25.4. The van der Waals surface area contributed by atoms with E-state index in [0.717, 1.165) is 23.8 Å². The summed E-state index contributed by atoms with van der Waals surface area (Å²) in [4.78, 5) is 20.8. The largest absolute Gasteiger partial charge is 0.438 e. The normalized spacial score (nSPS) is 14.8. The smallest absolute Gasteiger partial charge is 0.399 e. The third-order valence-electron chi connectivity index (χ3n) is 5.94. The number of ether oxygens (including phenoxy) is 1. The van der Waals surface area contributed by atoms with Crippen LogP contribution in [0, 0.1) is 20.8 Å². The van der Waals surface area contributed by atoms with Crippen LogP contribution in [-0.4, -0.2) is 30.5 Å². The zero-order valence-corrected chi connectivity index (χ0v) is 20.4. The van der Waals surface area contributed by atoms with E-state index in [4.69, 9.17) is 10.5 Å². The van der Waals surface area contributed by atoms with Crippen molar-refractivity contribution in [1.29, 1.82) is 0 Å². The molecule has 0 radical (unpaired) electrons. The summed E-state index contributed by atoms with van der Waals surface area (Å²) in [5, 5.41) is -0.498. The van der Waals surface area contributed by atoms with E-state index in [9.17, 15) is 26.4 Å². The molecule has 1 amide bonds. The van der Waals surface area contributed by atoms with Gasteiger partial charge in [0.2, 0.25) is 5.88 Å². The molecule has 0 unspecified atom stereocenters. The summed E-state index contributed by atoms with van der Waals surface area (Å²) in [5.74, 6) is -1.36. The molecule has 36 heavy (non-hydrogen) atoms. The number of halogens is 3. The zero-order chi connectivity index (χ0) is 26.5. The van der Waals surface area contributed by atoms with Crippen LogP contribution in [0.1, 0.15) is 45.6 Å². The van der Waals surface area contributed by atoms with E-state index in [1.807, 2.05) is 11.6 Å². The van der Waals surface area contributed by atoms with Gasteiger partial charge in [-0.3, -0.25) is 4.79 Å². The van der Waals surface area contributed by atoms with Gasteiger partial charge in [0.05, 0.1) is 5.69 Å². The number of sulfonamides is 1. The fourth-order valence-electron chi connectivity index (χ4n) is 4.00. The van der Waals surface area contributed by atoms with Gasteiger partial charge in [-0.05, 0) is 69.0 Å². The van der Waals surface area contributed by atoms with E-state index in [-0.39, 0.29) is 29.9 Å².